The van der Waals surface area contributed by atoms with Crippen LogP contribution in [-0.2, 0) is 13.1 Å². The highest BCUT2D eigenvalue weighted by atomic mass is 32.1. The van der Waals surface area contributed by atoms with E-state index in [-0.39, 0.29) is 16.5 Å². The minimum atomic E-state index is -0.339. The van der Waals surface area contributed by atoms with E-state index in [0.29, 0.717) is 36.9 Å². The number of nitrogens with one attached hydrogen (secondary N) is 1. The number of nitrogens with zero attached hydrogens (tertiary/aromatic N) is 5. The molecule has 1 aliphatic heterocycles. The van der Waals surface area contributed by atoms with Crippen LogP contribution in [0, 0.1) is 17.0 Å². The number of carbonyl (C=O) groups is 1. The fourth-order valence-electron chi connectivity index (χ4n) is 3.60. The number of aromatic nitrogens is 2. The van der Waals surface area contributed by atoms with Crippen molar-refractivity contribution in [3.8, 4) is 0 Å². The number of aryl methyl sites for hydroxylation is 1. The number of nitro groups is 1. The predicted molar refractivity (Wildman–Crippen MR) is 123 cm³/mol. The van der Waals surface area contributed by atoms with Crippen LogP contribution in [0.4, 0.5) is 11.4 Å². The maximum absolute atomic E-state index is 12.4. The fraction of sp³-hybridized carbons (Fsp3) is 0.318. The van der Waals surface area contributed by atoms with Gasteiger partial charge in [-0.15, -0.1) is 10.2 Å². The van der Waals surface area contributed by atoms with Crippen molar-refractivity contribution in [2.45, 2.75) is 20.0 Å². The first-order valence-corrected chi connectivity index (χ1v) is 11.2. The normalized spacial score (nSPS) is 14.3. The van der Waals surface area contributed by atoms with Crippen molar-refractivity contribution in [2.24, 2.45) is 0 Å². The first kappa shape index (κ1) is 21.8. The Bertz CT molecular complexity index is 1090. The molecule has 2 heterocycles. The molecule has 1 saturated heterocycles. The zero-order valence-corrected chi connectivity index (χ0v) is 18.5. The monoisotopic (exact) mass is 452 g/mol. The molecule has 166 valence electrons. The Morgan fingerprint density at radius 2 is 1.81 bits per heavy atom. The third-order valence-electron chi connectivity index (χ3n) is 5.39. The van der Waals surface area contributed by atoms with Crippen molar-refractivity contribution in [3.63, 3.8) is 0 Å². The Kier molecular flexibility index (Phi) is 6.72. The molecule has 0 saturated carbocycles. The lowest BCUT2D eigenvalue weighted by Gasteiger charge is -2.35. The maximum atomic E-state index is 12.4. The lowest BCUT2D eigenvalue weighted by atomic mass is 10.1. The van der Waals surface area contributed by atoms with Gasteiger partial charge < -0.3 is 10.2 Å². The average molecular weight is 453 g/mol. The van der Waals surface area contributed by atoms with Crippen molar-refractivity contribution < 1.29 is 9.72 Å². The Morgan fingerprint density at radius 1 is 1.09 bits per heavy atom. The van der Waals surface area contributed by atoms with E-state index in [1.165, 1.54) is 23.0 Å². The van der Waals surface area contributed by atoms with Crippen LogP contribution in [0.15, 0.2) is 48.5 Å². The highest BCUT2D eigenvalue weighted by molar-refractivity contribution is 7.13. The van der Waals surface area contributed by atoms with Crippen molar-refractivity contribution in [3.05, 3.63) is 79.8 Å². The molecule has 1 N–H and O–H groups in total. The molecule has 4 rings (SSSR count). The van der Waals surface area contributed by atoms with Gasteiger partial charge in [0, 0.05) is 38.8 Å². The molecule has 1 amide bonds. The van der Waals surface area contributed by atoms with Gasteiger partial charge in [0.25, 0.3) is 11.6 Å². The smallest absolute Gasteiger partial charge is 0.292 e. The van der Waals surface area contributed by atoms with Gasteiger partial charge in [-0.1, -0.05) is 53.3 Å². The van der Waals surface area contributed by atoms with Crippen molar-refractivity contribution in [1.82, 2.24) is 20.4 Å². The lowest BCUT2D eigenvalue weighted by molar-refractivity contribution is -0.384. The molecule has 0 unspecified atom stereocenters. The van der Waals surface area contributed by atoms with Crippen LogP contribution in [0.25, 0.3) is 0 Å². The minimum absolute atomic E-state index is 0.131. The molecule has 0 atom stereocenters. The highest BCUT2D eigenvalue weighted by Gasteiger charge is 2.24. The van der Waals surface area contributed by atoms with Crippen LogP contribution in [0.3, 0.4) is 0 Å². The van der Waals surface area contributed by atoms with E-state index in [1.54, 1.807) is 12.1 Å². The summed E-state index contributed by atoms with van der Waals surface area (Å²) in [6, 6.07) is 14.8. The molecule has 32 heavy (non-hydrogen) atoms. The molecule has 1 aromatic heterocycles. The number of amides is 1. The van der Waals surface area contributed by atoms with Crippen molar-refractivity contribution in [1.29, 1.82) is 0 Å². The summed E-state index contributed by atoms with van der Waals surface area (Å²) in [7, 11) is 0. The van der Waals surface area contributed by atoms with Crippen LogP contribution in [-0.4, -0.2) is 52.1 Å². The van der Waals surface area contributed by atoms with E-state index < -0.39 is 0 Å². The summed E-state index contributed by atoms with van der Waals surface area (Å²) in [5, 5.41) is 23.5. The molecule has 3 aromatic rings. The molecule has 2 aromatic carbocycles. The van der Waals surface area contributed by atoms with Crippen LogP contribution in [0.1, 0.15) is 25.9 Å². The van der Waals surface area contributed by atoms with Crippen LogP contribution in [0.5, 0.6) is 0 Å². The molecule has 1 fully saturated rings. The highest BCUT2D eigenvalue weighted by Crippen LogP contribution is 2.28. The van der Waals surface area contributed by atoms with Crippen molar-refractivity contribution in [2.75, 3.05) is 31.1 Å². The Balaban J connectivity index is 1.28. The van der Waals surface area contributed by atoms with E-state index in [1.807, 2.05) is 42.2 Å². The fourth-order valence-corrected chi connectivity index (χ4v) is 4.40. The lowest BCUT2D eigenvalue weighted by Crippen LogP contribution is -2.46. The summed E-state index contributed by atoms with van der Waals surface area (Å²) in [6.07, 6.45) is 0. The number of hydrogen-bond acceptors (Lipinski definition) is 8. The Morgan fingerprint density at radius 3 is 2.53 bits per heavy atom. The topological polar surface area (TPSA) is 104 Å². The third kappa shape index (κ3) is 5.27. The molecule has 0 aliphatic carbocycles. The van der Waals surface area contributed by atoms with Gasteiger partial charge in [0.1, 0.15) is 10.7 Å². The Hall–Kier alpha value is -3.37. The second kappa shape index (κ2) is 9.84. The Labute approximate surface area is 189 Å². The molecule has 10 heteroatoms. The summed E-state index contributed by atoms with van der Waals surface area (Å²) >= 11 is 1.30. The van der Waals surface area contributed by atoms with Crippen LogP contribution < -0.4 is 10.2 Å². The molecule has 1 aliphatic rings. The minimum Gasteiger partial charge on any atom is -0.363 e. The summed E-state index contributed by atoms with van der Waals surface area (Å²) in [4.78, 5) is 27.6. The first-order chi connectivity index (χ1) is 15.5. The summed E-state index contributed by atoms with van der Waals surface area (Å²) in [5.41, 5.74) is 2.99. The molecular weight excluding hydrogens is 428 g/mol. The zero-order valence-electron chi connectivity index (χ0n) is 17.7. The van der Waals surface area contributed by atoms with E-state index in [0.717, 1.165) is 23.7 Å². The van der Waals surface area contributed by atoms with Crippen molar-refractivity contribution >= 4 is 28.6 Å². The number of hydrogen-bond donors (Lipinski definition) is 1. The van der Waals surface area contributed by atoms with Gasteiger partial charge in [-0.05, 0) is 18.6 Å². The van der Waals surface area contributed by atoms with Gasteiger partial charge >= 0.3 is 0 Å². The number of para-hydroxylation sites is 2. The third-order valence-corrected chi connectivity index (χ3v) is 6.29. The van der Waals surface area contributed by atoms with Gasteiger partial charge in [-0.25, -0.2) is 0 Å². The second-order valence-corrected chi connectivity index (χ2v) is 8.74. The van der Waals surface area contributed by atoms with E-state index in [2.05, 4.69) is 20.4 Å². The van der Waals surface area contributed by atoms with Gasteiger partial charge in [0.05, 0.1) is 11.5 Å². The van der Waals surface area contributed by atoms with Crippen LogP contribution in [0.2, 0.25) is 0 Å². The van der Waals surface area contributed by atoms with E-state index in [9.17, 15) is 14.9 Å². The number of benzene rings is 2. The number of rotatable bonds is 7. The van der Waals surface area contributed by atoms with Gasteiger partial charge in [0.15, 0.2) is 0 Å². The van der Waals surface area contributed by atoms with E-state index in [4.69, 9.17) is 0 Å². The quantitative estimate of drug-likeness (QED) is 0.434. The largest absolute Gasteiger partial charge is 0.363 e. The number of anilines is 1. The average Bonchev–Trinajstić information content (AvgIpc) is 3.27. The molecule has 9 nitrogen and oxygen atoms in total. The molecule has 0 bridgehead atoms. The number of nitro benzene ring substituents is 1. The van der Waals surface area contributed by atoms with Gasteiger partial charge in [-0.2, -0.15) is 0 Å². The SMILES string of the molecule is Cc1ccc(CNC(=O)c2nnc(CN3CCN(c4ccccc4[N+](=O)[O-])CC3)s2)cc1. The molecular formula is C22H24N6O3S. The summed E-state index contributed by atoms with van der Waals surface area (Å²) < 4.78 is 0. The summed E-state index contributed by atoms with van der Waals surface area (Å²) in [5.74, 6) is -0.226. The predicted octanol–water partition coefficient (Wildman–Crippen LogP) is 3.01. The molecule has 0 radical (unpaired) electrons. The number of piperazine rings is 1. The standard InChI is InChI=1S/C22H24N6O3S/c1-16-6-8-17(9-7-16)14-23-21(29)22-25-24-20(32-22)15-26-10-12-27(13-11-26)18-4-2-3-5-19(18)28(30)31/h2-9H,10-15H2,1H3,(H,23,29). The van der Waals surface area contributed by atoms with Gasteiger partial charge in [0.2, 0.25) is 5.01 Å². The number of carbonyl (C=O) groups excluding carboxylic acids is 1. The van der Waals surface area contributed by atoms with Crippen LogP contribution >= 0.6 is 11.3 Å². The van der Waals surface area contributed by atoms with Gasteiger partial charge in [-0.3, -0.25) is 19.8 Å². The zero-order chi connectivity index (χ0) is 22.5. The molecule has 0 spiro atoms. The first-order valence-electron chi connectivity index (χ1n) is 10.4. The maximum Gasteiger partial charge on any atom is 0.292 e. The summed E-state index contributed by atoms with van der Waals surface area (Å²) in [6.45, 7) is 5.95. The van der Waals surface area contributed by atoms with E-state index >= 15 is 0 Å². The second-order valence-electron chi connectivity index (χ2n) is 7.68.